The van der Waals surface area contributed by atoms with Gasteiger partial charge in [-0.3, -0.25) is 0 Å². The van der Waals surface area contributed by atoms with Crippen molar-refractivity contribution in [3.8, 4) is 6.07 Å². The van der Waals surface area contributed by atoms with Crippen LogP contribution in [-0.2, 0) is 12.8 Å². The molecule has 4 heteroatoms. The molecule has 0 bridgehead atoms. The Bertz CT molecular complexity index is 524. The van der Waals surface area contributed by atoms with E-state index in [1.165, 1.54) is 25.7 Å². The first-order valence-electron chi connectivity index (χ1n) is 8.13. The van der Waals surface area contributed by atoms with Gasteiger partial charge in [-0.15, -0.1) is 5.10 Å². The topological polar surface area (TPSA) is 52.8 Å². The Hall–Kier alpha value is -1.63. The third kappa shape index (κ3) is 3.18. The van der Waals surface area contributed by atoms with Crippen molar-refractivity contribution in [2.24, 2.45) is 5.92 Å². The molecule has 0 aliphatic heterocycles. The molecule has 1 heterocycles. The van der Waals surface area contributed by atoms with E-state index in [9.17, 15) is 5.26 Å². The third-order valence-corrected chi connectivity index (χ3v) is 4.81. The summed E-state index contributed by atoms with van der Waals surface area (Å²) in [5, 5.41) is 18.3. The van der Waals surface area contributed by atoms with Gasteiger partial charge in [0.2, 0.25) is 0 Å². The molecule has 1 saturated carbocycles. The lowest BCUT2D eigenvalue weighted by Crippen LogP contribution is -2.36. The maximum Gasteiger partial charge on any atom is 0.169 e. The second kappa shape index (κ2) is 6.89. The summed E-state index contributed by atoms with van der Waals surface area (Å²) in [6.07, 6.45) is 6.55. The van der Waals surface area contributed by atoms with Gasteiger partial charge in [-0.1, -0.05) is 20.8 Å². The number of aromatic nitrogens is 2. The Morgan fingerprint density at radius 1 is 1.14 bits per heavy atom. The second-order valence-electron chi connectivity index (χ2n) is 6.17. The third-order valence-electron chi connectivity index (χ3n) is 4.81. The van der Waals surface area contributed by atoms with Crippen LogP contribution in [0.3, 0.4) is 0 Å². The fourth-order valence-electron chi connectivity index (χ4n) is 3.33. The molecule has 0 unspecified atom stereocenters. The Morgan fingerprint density at radius 3 is 2.33 bits per heavy atom. The molecule has 0 amide bonds. The monoisotopic (exact) mass is 286 g/mol. The van der Waals surface area contributed by atoms with Crippen LogP contribution >= 0.6 is 0 Å². The Morgan fingerprint density at radius 2 is 1.81 bits per heavy atom. The molecule has 114 valence electrons. The van der Waals surface area contributed by atoms with Crippen LogP contribution in [0.1, 0.15) is 63.3 Å². The Labute approximate surface area is 128 Å². The SMILES string of the molecule is CCc1nnc(N(C)C2CCC(C)CC2)c(C#N)c1CC. The predicted octanol–water partition coefficient (Wildman–Crippen LogP) is 3.49. The number of aryl methyl sites for hydroxylation is 1. The summed E-state index contributed by atoms with van der Waals surface area (Å²) >= 11 is 0. The standard InChI is InChI=1S/C17H26N4/c1-5-14-15(11-18)17(20-19-16(14)6-2)21(4)13-9-7-12(3)8-10-13/h12-13H,5-10H2,1-4H3. The molecule has 0 radical (unpaired) electrons. The lowest BCUT2D eigenvalue weighted by molar-refractivity contribution is 0.339. The summed E-state index contributed by atoms with van der Waals surface area (Å²) in [6, 6.07) is 2.86. The van der Waals surface area contributed by atoms with Crippen molar-refractivity contribution in [2.75, 3.05) is 11.9 Å². The van der Waals surface area contributed by atoms with E-state index in [1.54, 1.807) is 0 Å². The molecule has 0 saturated heterocycles. The Kier molecular flexibility index (Phi) is 5.17. The quantitative estimate of drug-likeness (QED) is 0.850. The van der Waals surface area contributed by atoms with E-state index < -0.39 is 0 Å². The van der Waals surface area contributed by atoms with Crippen LogP contribution in [0.4, 0.5) is 5.82 Å². The average Bonchev–Trinajstić information content (AvgIpc) is 2.53. The van der Waals surface area contributed by atoms with Crippen molar-refractivity contribution in [1.29, 1.82) is 5.26 Å². The van der Waals surface area contributed by atoms with Gasteiger partial charge in [0, 0.05) is 13.1 Å². The zero-order valence-corrected chi connectivity index (χ0v) is 13.7. The first kappa shape index (κ1) is 15.8. The summed E-state index contributed by atoms with van der Waals surface area (Å²) < 4.78 is 0. The van der Waals surface area contributed by atoms with Crippen molar-refractivity contribution in [1.82, 2.24) is 10.2 Å². The van der Waals surface area contributed by atoms with E-state index in [-0.39, 0.29) is 0 Å². The van der Waals surface area contributed by atoms with Gasteiger partial charge in [-0.25, -0.2) is 0 Å². The minimum atomic E-state index is 0.486. The summed E-state index contributed by atoms with van der Waals surface area (Å²) in [5.41, 5.74) is 2.76. The van der Waals surface area contributed by atoms with Crippen LogP contribution in [0, 0.1) is 17.2 Å². The molecular formula is C17H26N4. The van der Waals surface area contributed by atoms with E-state index in [0.29, 0.717) is 6.04 Å². The van der Waals surface area contributed by atoms with E-state index in [0.717, 1.165) is 41.4 Å². The molecule has 1 aliphatic carbocycles. The van der Waals surface area contributed by atoms with E-state index in [2.05, 4.69) is 49.0 Å². The maximum absolute atomic E-state index is 9.60. The minimum absolute atomic E-state index is 0.486. The molecule has 0 spiro atoms. The van der Waals surface area contributed by atoms with E-state index in [4.69, 9.17) is 0 Å². The zero-order valence-electron chi connectivity index (χ0n) is 13.7. The fourth-order valence-corrected chi connectivity index (χ4v) is 3.33. The number of hydrogen-bond acceptors (Lipinski definition) is 4. The fraction of sp³-hybridized carbons (Fsp3) is 0.706. The summed E-state index contributed by atoms with van der Waals surface area (Å²) in [7, 11) is 2.07. The van der Waals surface area contributed by atoms with Crippen molar-refractivity contribution < 1.29 is 0 Å². The van der Waals surface area contributed by atoms with Crippen LogP contribution in [0.5, 0.6) is 0 Å². The lowest BCUT2D eigenvalue weighted by Gasteiger charge is -2.34. The minimum Gasteiger partial charge on any atom is -0.354 e. The van der Waals surface area contributed by atoms with Gasteiger partial charge < -0.3 is 4.90 Å². The number of rotatable bonds is 4. The van der Waals surface area contributed by atoms with Crippen LogP contribution in [0.2, 0.25) is 0 Å². The lowest BCUT2D eigenvalue weighted by atomic mass is 9.86. The molecule has 2 rings (SSSR count). The molecule has 1 aliphatic rings. The normalized spacial score (nSPS) is 21.9. The first-order chi connectivity index (χ1) is 10.1. The average molecular weight is 286 g/mol. The van der Waals surface area contributed by atoms with Crippen LogP contribution in [0.25, 0.3) is 0 Å². The van der Waals surface area contributed by atoms with Crippen molar-refractivity contribution in [3.63, 3.8) is 0 Å². The highest BCUT2D eigenvalue weighted by molar-refractivity contribution is 5.58. The van der Waals surface area contributed by atoms with Gasteiger partial charge in [-0.05, 0) is 50.0 Å². The van der Waals surface area contributed by atoms with Gasteiger partial charge in [0.1, 0.15) is 11.6 Å². The number of nitrogens with zero attached hydrogens (tertiary/aromatic N) is 4. The number of anilines is 1. The van der Waals surface area contributed by atoms with E-state index in [1.807, 2.05) is 0 Å². The van der Waals surface area contributed by atoms with Crippen LogP contribution in [-0.4, -0.2) is 23.3 Å². The molecule has 4 nitrogen and oxygen atoms in total. The highest BCUT2D eigenvalue weighted by Crippen LogP contribution is 2.31. The van der Waals surface area contributed by atoms with Gasteiger partial charge in [-0.2, -0.15) is 10.4 Å². The Balaban J connectivity index is 2.33. The van der Waals surface area contributed by atoms with Crippen molar-refractivity contribution in [3.05, 3.63) is 16.8 Å². The molecule has 0 N–H and O–H groups in total. The molecule has 0 atom stereocenters. The second-order valence-corrected chi connectivity index (χ2v) is 6.17. The van der Waals surface area contributed by atoms with Gasteiger partial charge in [0.05, 0.1) is 5.69 Å². The largest absolute Gasteiger partial charge is 0.354 e. The molecule has 1 fully saturated rings. The van der Waals surface area contributed by atoms with Crippen LogP contribution < -0.4 is 4.90 Å². The first-order valence-corrected chi connectivity index (χ1v) is 8.13. The summed E-state index contributed by atoms with van der Waals surface area (Å²) in [6.45, 7) is 6.47. The predicted molar refractivity (Wildman–Crippen MR) is 85.3 cm³/mol. The molecule has 0 aromatic carbocycles. The molecule has 1 aromatic heterocycles. The molecule has 21 heavy (non-hydrogen) atoms. The zero-order chi connectivity index (χ0) is 15.4. The van der Waals surface area contributed by atoms with Gasteiger partial charge in [0.25, 0.3) is 0 Å². The van der Waals surface area contributed by atoms with Crippen molar-refractivity contribution >= 4 is 5.82 Å². The van der Waals surface area contributed by atoms with Gasteiger partial charge in [0.15, 0.2) is 5.82 Å². The van der Waals surface area contributed by atoms with Gasteiger partial charge >= 0.3 is 0 Å². The molecule has 1 aromatic rings. The summed E-state index contributed by atoms with van der Waals surface area (Å²) in [4.78, 5) is 2.19. The smallest absolute Gasteiger partial charge is 0.169 e. The molecular weight excluding hydrogens is 260 g/mol. The maximum atomic E-state index is 9.60. The number of hydrogen-bond donors (Lipinski definition) is 0. The van der Waals surface area contributed by atoms with Crippen LogP contribution in [0.15, 0.2) is 0 Å². The highest BCUT2D eigenvalue weighted by Gasteiger charge is 2.26. The highest BCUT2D eigenvalue weighted by atomic mass is 15.3. The van der Waals surface area contributed by atoms with E-state index >= 15 is 0 Å². The number of nitriles is 1. The van der Waals surface area contributed by atoms with Crippen molar-refractivity contribution in [2.45, 2.75) is 65.3 Å². The summed E-state index contributed by atoms with van der Waals surface area (Å²) in [5.74, 6) is 1.59.